The first-order valence-corrected chi connectivity index (χ1v) is 8.50. The number of ether oxygens (including phenoxy) is 3. The molecule has 0 aromatic heterocycles. The second-order valence-corrected chi connectivity index (χ2v) is 6.99. The van der Waals surface area contributed by atoms with Gasteiger partial charge in [0.2, 0.25) is 6.54 Å². The molecule has 0 spiro atoms. The van der Waals surface area contributed by atoms with Crippen molar-refractivity contribution in [2.75, 3.05) is 20.3 Å². The van der Waals surface area contributed by atoms with Crippen LogP contribution in [0.5, 0.6) is 17.2 Å². The molecule has 1 aromatic carbocycles. The molecule has 1 fully saturated rings. The fraction of sp³-hybridized carbons (Fsp3) is 0.611. The number of nitrogens with zero attached hydrogens (tertiary/aromatic N) is 1. The smallest absolute Gasteiger partial charge is 0.437 e. The highest BCUT2D eigenvalue weighted by molar-refractivity contribution is 5.74. The van der Waals surface area contributed by atoms with Crippen molar-refractivity contribution in [1.29, 1.82) is 0 Å². The van der Waals surface area contributed by atoms with Crippen LogP contribution in [0.2, 0.25) is 0 Å². The standard InChI is InChI=1S/C18H24NO6/c1-5-24-14-9-12-11(8-13(14)23-4)15(16(20)18(2,3)25-12)10-6-7-19(22)17(10)21/h8-10,15-16,20H,5-7H2,1-4H3/q+1/t10?,15-,16+/m0/s1. The van der Waals surface area contributed by atoms with Crippen molar-refractivity contribution in [3.05, 3.63) is 22.6 Å². The number of carbonyl (C=O) groups is 1. The first-order valence-electron chi connectivity index (χ1n) is 8.50. The Labute approximate surface area is 146 Å². The van der Waals surface area contributed by atoms with Crippen molar-refractivity contribution >= 4 is 5.91 Å². The summed E-state index contributed by atoms with van der Waals surface area (Å²) < 4.78 is 17.4. The van der Waals surface area contributed by atoms with E-state index in [2.05, 4.69) is 0 Å². The van der Waals surface area contributed by atoms with Gasteiger partial charge in [-0.15, -0.1) is 0 Å². The van der Waals surface area contributed by atoms with Crippen LogP contribution < -0.4 is 14.2 Å². The lowest BCUT2D eigenvalue weighted by atomic mass is 9.73. The van der Waals surface area contributed by atoms with E-state index in [9.17, 15) is 14.8 Å². The molecule has 136 valence electrons. The van der Waals surface area contributed by atoms with Gasteiger partial charge in [-0.3, -0.25) is 0 Å². The van der Waals surface area contributed by atoms with Gasteiger partial charge in [0, 0.05) is 28.9 Å². The van der Waals surface area contributed by atoms with Gasteiger partial charge >= 0.3 is 5.91 Å². The van der Waals surface area contributed by atoms with Crippen molar-refractivity contribution in [2.45, 2.75) is 44.8 Å². The summed E-state index contributed by atoms with van der Waals surface area (Å²) in [5.74, 6) is -0.00229. The molecule has 1 N–H and O–H groups in total. The molecule has 1 saturated heterocycles. The van der Waals surface area contributed by atoms with Crippen LogP contribution in [-0.2, 0) is 4.79 Å². The summed E-state index contributed by atoms with van der Waals surface area (Å²) in [5.41, 5.74) is -0.229. The molecule has 0 radical (unpaired) electrons. The average molecular weight is 350 g/mol. The Morgan fingerprint density at radius 2 is 2.08 bits per heavy atom. The predicted octanol–water partition coefficient (Wildman–Crippen LogP) is 2.03. The van der Waals surface area contributed by atoms with Crippen LogP contribution in [-0.4, -0.2) is 47.7 Å². The Balaban J connectivity index is 2.13. The van der Waals surface area contributed by atoms with Gasteiger partial charge in [-0.1, -0.05) is 0 Å². The molecule has 0 aliphatic carbocycles. The predicted molar refractivity (Wildman–Crippen MR) is 89.2 cm³/mol. The lowest BCUT2D eigenvalue weighted by Crippen LogP contribution is -2.51. The SMILES string of the molecule is CCOc1cc2c(cc1OC)[C@H](C1CC[N+](=O)C1=O)[C@@H](O)C(C)(C)O2. The van der Waals surface area contributed by atoms with Gasteiger partial charge in [0.25, 0.3) is 0 Å². The van der Waals surface area contributed by atoms with Crippen LogP contribution in [0, 0.1) is 10.8 Å². The van der Waals surface area contributed by atoms with Crippen LogP contribution >= 0.6 is 0 Å². The normalized spacial score (nSPS) is 27.6. The summed E-state index contributed by atoms with van der Waals surface area (Å²) in [6.45, 7) is 6.03. The monoisotopic (exact) mass is 350 g/mol. The van der Waals surface area contributed by atoms with Crippen LogP contribution in [0.1, 0.15) is 38.7 Å². The summed E-state index contributed by atoms with van der Waals surface area (Å²) in [6.07, 6.45) is -0.516. The Morgan fingerprint density at radius 3 is 2.64 bits per heavy atom. The Morgan fingerprint density at radius 1 is 1.36 bits per heavy atom. The summed E-state index contributed by atoms with van der Waals surface area (Å²) in [7, 11) is 1.53. The molecule has 7 heteroatoms. The van der Waals surface area contributed by atoms with Gasteiger partial charge in [0.1, 0.15) is 23.4 Å². The highest BCUT2D eigenvalue weighted by atomic mass is 16.5. The molecule has 3 rings (SSSR count). The maximum Gasteiger partial charge on any atom is 0.437 e. The second kappa shape index (κ2) is 6.29. The quantitative estimate of drug-likeness (QED) is 0.837. The van der Waals surface area contributed by atoms with E-state index in [0.717, 1.165) is 0 Å². The Hall–Kier alpha value is -2.15. The molecule has 2 heterocycles. The maximum atomic E-state index is 12.3. The number of nitroso groups, excluding NO2 is 1. The van der Waals surface area contributed by atoms with Gasteiger partial charge < -0.3 is 19.3 Å². The fourth-order valence-electron chi connectivity index (χ4n) is 3.72. The molecule has 0 saturated carbocycles. The van der Waals surface area contributed by atoms with E-state index in [-0.39, 0.29) is 6.54 Å². The minimum atomic E-state index is -0.928. The van der Waals surface area contributed by atoms with E-state index >= 15 is 0 Å². The summed E-state index contributed by atoms with van der Waals surface area (Å²) in [6, 6.07) is 3.47. The van der Waals surface area contributed by atoms with E-state index in [0.29, 0.717) is 40.6 Å². The number of methoxy groups -OCH3 is 1. The van der Waals surface area contributed by atoms with Crippen molar-refractivity contribution in [3.8, 4) is 17.2 Å². The number of amides is 1. The Kier molecular flexibility index (Phi) is 4.45. The minimum Gasteiger partial charge on any atom is -0.493 e. The van der Waals surface area contributed by atoms with E-state index in [1.54, 1.807) is 26.0 Å². The summed E-state index contributed by atoms with van der Waals surface area (Å²) in [5, 5.41) is 10.9. The number of carbonyl (C=O) groups excluding carboxylic acids is 1. The van der Waals surface area contributed by atoms with Crippen molar-refractivity contribution < 1.29 is 28.9 Å². The van der Waals surface area contributed by atoms with Gasteiger partial charge in [0.05, 0.1) is 18.5 Å². The highest BCUT2D eigenvalue weighted by Crippen LogP contribution is 2.50. The molecule has 2 aliphatic heterocycles. The lowest BCUT2D eigenvalue weighted by Gasteiger charge is -2.43. The average Bonchev–Trinajstić information content (AvgIpc) is 2.88. The lowest BCUT2D eigenvalue weighted by molar-refractivity contribution is -0.454. The van der Waals surface area contributed by atoms with E-state index < -0.39 is 29.4 Å². The molecular formula is C18H24NO6+. The zero-order valence-corrected chi connectivity index (χ0v) is 14.9. The van der Waals surface area contributed by atoms with Crippen LogP contribution in [0.25, 0.3) is 0 Å². The fourth-order valence-corrected chi connectivity index (χ4v) is 3.72. The topological polar surface area (TPSA) is 85.1 Å². The first kappa shape index (κ1) is 17.7. The zero-order valence-electron chi connectivity index (χ0n) is 14.9. The molecule has 1 aromatic rings. The molecule has 7 nitrogen and oxygen atoms in total. The van der Waals surface area contributed by atoms with Crippen LogP contribution in [0.3, 0.4) is 0 Å². The number of hydrogen-bond acceptors (Lipinski definition) is 6. The number of aliphatic hydroxyl groups is 1. The molecular weight excluding hydrogens is 326 g/mol. The first-order chi connectivity index (χ1) is 11.8. The van der Waals surface area contributed by atoms with Gasteiger partial charge in [0.15, 0.2) is 11.5 Å². The summed E-state index contributed by atoms with van der Waals surface area (Å²) in [4.78, 5) is 24.0. The number of rotatable bonds is 4. The van der Waals surface area contributed by atoms with Crippen LogP contribution in [0.4, 0.5) is 0 Å². The molecule has 1 amide bonds. The number of hydrogen-bond donors (Lipinski definition) is 1. The minimum absolute atomic E-state index is 0.150. The maximum absolute atomic E-state index is 12.3. The number of fused-ring (bicyclic) bond motifs is 1. The molecule has 0 bridgehead atoms. The molecule has 3 atom stereocenters. The third-order valence-corrected chi connectivity index (χ3v) is 5.02. The molecule has 2 aliphatic rings. The highest BCUT2D eigenvalue weighted by Gasteiger charge is 2.54. The van der Waals surface area contributed by atoms with Gasteiger partial charge in [-0.25, -0.2) is 4.79 Å². The molecule has 25 heavy (non-hydrogen) atoms. The summed E-state index contributed by atoms with van der Waals surface area (Å²) >= 11 is 0. The second-order valence-electron chi connectivity index (χ2n) is 6.99. The molecule has 1 unspecified atom stereocenters. The van der Waals surface area contributed by atoms with Crippen molar-refractivity contribution in [1.82, 2.24) is 0 Å². The van der Waals surface area contributed by atoms with Gasteiger partial charge in [-0.2, -0.15) is 0 Å². The third kappa shape index (κ3) is 2.86. The largest absolute Gasteiger partial charge is 0.493 e. The zero-order chi connectivity index (χ0) is 18.4. The number of aliphatic hydroxyl groups excluding tert-OH is 1. The van der Waals surface area contributed by atoms with E-state index in [1.165, 1.54) is 7.11 Å². The Bertz CT molecular complexity index is 714. The van der Waals surface area contributed by atoms with Gasteiger partial charge in [-0.05, 0) is 26.8 Å². The van der Waals surface area contributed by atoms with E-state index in [4.69, 9.17) is 14.2 Å². The van der Waals surface area contributed by atoms with Crippen molar-refractivity contribution in [2.24, 2.45) is 5.92 Å². The third-order valence-electron chi connectivity index (χ3n) is 5.02. The van der Waals surface area contributed by atoms with E-state index in [1.807, 2.05) is 6.92 Å². The number of benzene rings is 1. The van der Waals surface area contributed by atoms with Crippen LogP contribution in [0.15, 0.2) is 12.1 Å². The van der Waals surface area contributed by atoms with Crippen molar-refractivity contribution in [3.63, 3.8) is 0 Å².